The number of nitrogens with one attached hydrogen (secondary N) is 1. The van der Waals surface area contributed by atoms with Crippen LogP contribution in [0.25, 0.3) is 0 Å². The Labute approximate surface area is 120 Å². The lowest BCUT2D eigenvalue weighted by Crippen LogP contribution is -2.33. The Hall–Kier alpha value is -1.39. The highest BCUT2D eigenvalue weighted by molar-refractivity contribution is 5.76. The van der Waals surface area contributed by atoms with Crippen molar-refractivity contribution in [2.45, 2.75) is 44.2 Å². The van der Waals surface area contributed by atoms with Crippen LogP contribution in [0.5, 0.6) is 0 Å². The van der Waals surface area contributed by atoms with Crippen LogP contribution in [0.2, 0.25) is 0 Å². The number of aliphatic hydroxyl groups is 1. The summed E-state index contributed by atoms with van der Waals surface area (Å²) in [4.78, 5) is 11.9. The third kappa shape index (κ3) is 4.62. The first-order chi connectivity index (χ1) is 9.65. The number of carbonyl (C=O) groups excluding carboxylic acids is 1. The van der Waals surface area contributed by atoms with Crippen molar-refractivity contribution in [1.29, 1.82) is 0 Å². The maximum absolute atomic E-state index is 11.9. The largest absolute Gasteiger partial charge is 0.393 e. The van der Waals surface area contributed by atoms with Crippen molar-refractivity contribution < 1.29 is 9.90 Å². The number of benzene rings is 1. The Bertz CT molecular complexity index is 414. The molecule has 1 aliphatic rings. The molecule has 1 amide bonds. The molecule has 0 radical (unpaired) electrons. The highest BCUT2D eigenvalue weighted by Gasteiger charge is 2.20. The molecule has 2 rings (SSSR count). The molecule has 110 valence electrons. The van der Waals surface area contributed by atoms with Gasteiger partial charge in [-0.15, -0.1) is 0 Å². The van der Waals surface area contributed by atoms with Crippen LogP contribution in [-0.2, 0) is 4.79 Å². The third-order valence-electron chi connectivity index (χ3n) is 4.04. The first-order valence-electron chi connectivity index (χ1n) is 7.40. The topological polar surface area (TPSA) is 75.4 Å². The number of hydrogen-bond donors (Lipinski definition) is 3. The van der Waals surface area contributed by atoms with Gasteiger partial charge in [-0.05, 0) is 37.2 Å². The van der Waals surface area contributed by atoms with Gasteiger partial charge in [-0.3, -0.25) is 4.79 Å². The molecule has 20 heavy (non-hydrogen) atoms. The van der Waals surface area contributed by atoms with Crippen LogP contribution >= 0.6 is 0 Å². The van der Waals surface area contributed by atoms with Gasteiger partial charge < -0.3 is 16.2 Å². The maximum atomic E-state index is 11.9. The minimum atomic E-state index is -0.246. The van der Waals surface area contributed by atoms with Gasteiger partial charge in [-0.2, -0.15) is 0 Å². The number of hydrogen-bond acceptors (Lipinski definition) is 3. The second-order valence-electron chi connectivity index (χ2n) is 5.70. The molecule has 1 unspecified atom stereocenters. The van der Waals surface area contributed by atoms with E-state index in [9.17, 15) is 9.90 Å². The Morgan fingerprint density at radius 2 is 1.90 bits per heavy atom. The first kappa shape index (κ1) is 15.0. The molecule has 4 N–H and O–H groups in total. The molecule has 4 heteroatoms. The van der Waals surface area contributed by atoms with Crippen molar-refractivity contribution in [1.82, 2.24) is 5.32 Å². The van der Waals surface area contributed by atoms with Gasteiger partial charge in [0.2, 0.25) is 5.91 Å². The summed E-state index contributed by atoms with van der Waals surface area (Å²) in [5, 5.41) is 12.4. The summed E-state index contributed by atoms with van der Waals surface area (Å²) >= 11 is 0. The fourth-order valence-corrected chi connectivity index (χ4v) is 2.70. The monoisotopic (exact) mass is 276 g/mol. The van der Waals surface area contributed by atoms with E-state index in [-0.39, 0.29) is 18.1 Å². The average Bonchev–Trinajstić information content (AvgIpc) is 2.47. The maximum Gasteiger partial charge on any atom is 0.221 e. The van der Waals surface area contributed by atoms with Crippen LogP contribution in [0.3, 0.4) is 0 Å². The molecule has 1 aromatic rings. The fraction of sp³-hybridized carbons (Fsp3) is 0.562. The van der Waals surface area contributed by atoms with Gasteiger partial charge in [-0.25, -0.2) is 0 Å². The van der Waals surface area contributed by atoms with E-state index in [1.54, 1.807) is 0 Å². The lowest BCUT2D eigenvalue weighted by atomic mass is 9.87. The number of amides is 1. The number of aliphatic hydroxyl groups excluding tert-OH is 1. The lowest BCUT2D eigenvalue weighted by molar-refractivity contribution is -0.121. The minimum Gasteiger partial charge on any atom is -0.393 e. The van der Waals surface area contributed by atoms with Gasteiger partial charge >= 0.3 is 0 Å². The highest BCUT2D eigenvalue weighted by Crippen LogP contribution is 2.23. The van der Waals surface area contributed by atoms with Gasteiger partial charge in [0, 0.05) is 19.0 Å². The van der Waals surface area contributed by atoms with E-state index in [1.807, 2.05) is 30.3 Å². The van der Waals surface area contributed by atoms with Gasteiger partial charge in [0.05, 0.1) is 6.10 Å². The summed E-state index contributed by atoms with van der Waals surface area (Å²) in [6, 6.07) is 9.44. The zero-order valence-electron chi connectivity index (χ0n) is 11.8. The molecular formula is C16H24N2O2. The molecule has 0 bridgehead atoms. The SMILES string of the molecule is NC(CC(=O)NCC1CCC(O)CC1)c1ccccc1. The van der Waals surface area contributed by atoms with Crippen LogP contribution in [0.1, 0.15) is 43.7 Å². The average molecular weight is 276 g/mol. The summed E-state index contributed by atoms with van der Waals surface area (Å²) in [6.45, 7) is 0.701. The molecule has 1 saturated carbocycles. The van der Waals surface area contributed by atoms with Crippen LogP contribution in [0.4, 0.5) is 0 Å². The quantitative estimate of drug-likeness (QED) is 0.767. The molecule has 1 aliphatic carbocycles. The fourth-order valence-electron chi connectivity index (χ4n) is 2.70. The summed E-state index contributed by atoms with van der Waals surface area (Å²) in [6.07, 6.45) is 3.86. The highest BCUT2D eigenvalue weighted by atomic mass is 16.3. The van der Waals surface area contributed by atoms with E-state index < -0.39 is 0 Å². The van der Waals surface area contributed by atoms with Crippen molar-refractivity contribution in [3.05, 3.63) is 35.9 Å². The molecule has 4 nitrogen and oxygen atoms in total. The predicted molar refractivity (Wildman–Crippen MR) is 79.0 cm³/mol. The second kappa shape index (κ2) is 7.41. The van der Waals surface area contributed by atoms with Gasteiger partial charge in [-0.1, -0.05) is 30.3 Å². The minimum absolute atomic E-state index is 0.00692. The molecular weight excluding hydrogens is 252 g/mol. The van der Waals surface area contributed by atoms with E-state index in [1.165, 1.54) is 0 Å². The van der Waals surface area contributed by atoms with Crippen LogP contribution in [-0.4, -0.2) is 23.7 Å². The summed E-state index contributed by atoms with van der Waals surface area (Å²) in [5.74, 6) is 0.503. The molecule has 1 aromatic carbocycles. The molecule has 1 atom stereocenters. The second-order valence-corrected chi connectivity index (χ2v) is 5.70. The van der Waals surface area contributed by atoms with Crippen molar-refractivity contribution in [3.63, 3.8) is 0 Å². The van der Waals surface area contributed by atoms with Crippen molar-refractivity contribution in [2.75, 3.05) is 6.54 Å². The summed E-state index contributed by atoms with van der Waals surface area (Å²) in [7, 11) is 0. The van der Waals surface area contributed by atoms with Crippen molar-refractivity contribution in [2.24, 2.45) is 11.7 Å². The Morgan fingerprint density at radius 1 is 1.25 bits per heavy atom. The van der Waals surface area contributed by atoms with Gasteiger partial charge in [0.15, 0.2) is 0 Å². The van der Waals surface area contributed by atoms with E-state index in [0.29, 0.717) is 18.9 Å². The standard InChI is InChI=1S/C16H24N2O2/c17-15(13-4-2-1-3-5-13)10-16(20)18-11-12-6-8-14(19)9-7-12/h1-5,12,14-15,19H,6-11,17H2,(H,18,20). The van der Waals surface area contributed by atoms with Crippen LogP contribution < -0.4 is 11.1 Å². The smallest absolute Gasteiger partial charge is 0.221 e. The molecule has 0 aliphatic heterocycles. The van der Waals surface area contributed by atoms with Crippen LogP contribution in [0.15, 0.2) is 30.3 Å². The van der Waals surface area contributed by atoms with Crippen molar-refractivity contribution in [3.8, 4) is 0 Å². The Morgan fingerprint density at radius 3 is 2.55 bits per heavy atom. The molecule has 0 saturated heterocycles. The predicted octanol–water partition coefficient (Wildman–Crippen LogP) is 1.74. The Kier molecular flexibility index (Phi) is 5.56. The number of rotatable bonds is 5. The van der Waals surface area contributed by atoms with Crippen molar-refractivity contribution >= 4 is 5.91 Å². The summed E-state index contributed by atoms with van der Waals surface area (Å²) < 4.78 is 0. The number of nitrogens with two attached hydrogens (primary N) is 1. The van der Waals surface area contributed by atoms with Gasteiger partial charge in [0.1, 0.15) is 0 Å². The zero-order chi connectivity index (χ0) is 14.4. The first-order valence-corrected chi connectivity index (χ1v) is 7.40. The zero-order valence-corrected chi connectivity index (χ0v) is 11.8. The Balaban J connectivity index is 1.70. The van der Waals surface area contributed by atoms with E-state index >= 15 is 0 Å². The van der Waals surface area contributed by atoms with E-state index in [0.717, 1.165) is 31.2 Å². The molecule has 0 spiro atoms. The summed E-state index contributed by atoms with van der Waals surface area (Å²) in [5.41, 5.74) is 7.02. The lowest BCUT2D eigenvalue weighted by Gasteiger charge is -2.25. The normalized spacial score (nSPS) is 24.1. The molecule has 0 aromatic heterocycles. The van der Waals surface area contributed by atoms with Crippen LogP contribution in [0, 0.1) is 5.92 Å². The third-order valence-corrected chi connectivity index (χ3v) is 4.04. The molecule has 0 heterocycles. The van der Waals surface area contributed by atoms with E-state index in [4.69, 9.17) is 5.73 Å². The van der Waals surface area contributed by atoms with E-state index in [2.05, 4.69) is 5.32 Å². The number of carbonyl (C=O) groups is 1. The van der Waals surface area contributed by atoms with Gasteiger partial charge in [0.25, 0.3) is 0 Å². The molecule has 1 fully saturated rings.